The van der Waals surface area contributed by atoms with E-state index < -0.39 is 5.91 Å². The van der Waals surface area contributed by atoms with Crippen LogP contribution in [0.2, 0.25) is 0 Å². The van der Waals surface area contributed by atoms with Gasteiger partial charge >= 0.3 is 0 Å². The van der Waals surface area contributed by atoms with Crippen LogP contribution in [0.5, 0.6) is 0 Å². The minimum Gasteiger partial charge on any atom is -0.366 e. The van der Waals surface area contributed by atoms with Crippen molar-refractivity contribution in [2.45, 2.75) is 19.8 Å². The second kappa shape index (κ2) is 3.38. The van der Waals surface area contributed by atoms with Crippen molar-refractivity contribution < 1.29 is 4.79 Å². The molecular weight excluding hydrogens is 190 g/mol. The fraction of sp³-hybridized carbons (Fsp3) is 0.273. The van der Waals surface area contributed by atoms with Crippen LogP contribution in [0, 0.1) is 0 Å². The van der Waals surface area contributed by atoms with E-state index in [0.29, 0.717) is 11.5 Å². The van der Waals surface area contributed by atoms with Crippen LogP contribution in [-0.4, -0.2) is 15.3 Å². The highest BCUT2D eigenvalue weighted by Crippen LogP contribution is 2.15. The number of aromatic nitrogens is 2. The van der Waals surface area contributed by atoms with Crippen LogP contribution in [0.4, 0.5) is 0 Å². The molecule has 0 spiro atoms. The van der Waals surface area contributed by atoms with Crippen LogP contribution in [0.15, 0.2) is 24.5 Å². The molecule has 0 unspecified atom stereocenters. The van der Waals surface area contributed by atoms with E-state index in [2.05, 4.69) is 18.8 Å². The first kappa shape index (κ1) is 9.71. The highest BCUT2D eigenvalue weighted by Gasteiger charge is 2.07. The minimum atomic E-state index is -0.424. The quantitative estimate of drug-likeness (QED) is 0.805. The number of pyridine rings is 1. The smallest absolute Gasteiger partial charge is 0.248 e. The van der Waals surface area contributed by atoms with Crippen molar-refractivity contribution in [2.75, 3.05) is 0 Å². The van der Waals surface area contributed by atoms with E-state index >= 15 is 0 Å². The predicted octanol–water partition coefficient (Wildman–Crippen LogP) is 1.56. The number of primary amides is 1. The molecule has 2 aromatic heterocycles. The molecule has 0 aliphatic heterocycles. The Morgan fingerprint density at radius 2 is 2.27 bits per heavy atom. The lowest BCUT2D eigenvalue weighted by atomic mass is 10.2. The molecule has 0 aromatic carbocycles. The first-order valence-corrected chi connectivity index (χ1v) is 4.86. The van der Waals surface area contributed by atoms with Crippen molar-refractivity contribution in [2.24, 2.45) is 5.73 Å². The van der Waals surface area contributed by atoms with Gasteiger partial charge in [0.15, 0.2) is 0 Å². The average Bonchev–Trinajstić information content (AvgIpc) is 2.59. The molecule has 0 aliphatic rings. The molecule has 78 valence electrons. The van der Waals surface area contributed by atoms with Gasteiger partial charge in [0.2, 0.25) is 5.91 Å². The van der Waals surface area contributed by atoms with Crippen molar-refractivity contribution in [3.8, 4) is 0 Å². The summed E-state index contributed by atoms with van der Waals surface area (Å²) in [6.07, 6.45) is 3.76. The maximum Gasteiger partial charge on any atom is 0.248 e. The third-order valence-corrected chi connectivity index (χ3v) is 2.35. The Balaban J connectivity index is 2.57. The molecule has 2 heterocycles. The van der Waals surface area contributed by atoms with E-state index in [1.165, 1.54) is 0 Å². The Labute approximate surface area is 87.7 Å². The van der Waals surface area contributed by atoms with E-state index in [9.17, 15) is 4.79 Å². The summed E-state index contributed by atoms with van der Waals surface area (Å²) in [6.45, 7) is 4.16. The summed E-state index contributed by atoms with van der Waals surface area (Å²) in [7, 11) is 0. The number of fused-ring (bicyclic) bond motifs is 1. The Morgan fingerprint density at radius 3 is 2.87 bits per heavy atom. The van der Waals surface area contributed by atoms with Gasteiger partial charge in [-0.05, 0) is 18.1 Å². The number of hydrogen-bond acceptors (Lipinski definition) is 2. The summed E-state index contributed by atoms with van der Waals surface area (Å²) in [6, 6.07) is 3.40. The monoisotopic (exact) mass is 203 g/mol. The molecule has 0 atom stereocenters. The molecule has 2 rings (SSSR count). The van der Waals surface area contributed by atoms with Gasteiger partial charge in [-0.2, -0.15) is 0 Å². The average molecular weight is 203 g/mol. The number of amides is 1. The summed E-state index contributed by atoms with van der Waals surface area (Å²) in [5, 5.41) is 0. The number of carbonyl (C=O) groups is 1. The maximum absolute atomic E-state index is 11.0. The molecule has 0 fully saturated rings. The first-order chi connectivity index (χ1) is 7.08. The molecule has 0 saturated carbocycles. The summed E-state index contributed by atoms with van der Waals surface area (Å²) >= 11 is 0. The Hall–Kier alpha value is -1.84. The molecule has 0 saturated heterocycles. The van der Waals surface area contributed by atoms with Gasteiger partial charge in [-0.25, -0.2) is 4.98 Å². The lowest BCUT2D eigenvalue weighted by Gasteiger charge is -1.95. The number of nitrogens with two attached hydrogens (primary N) is 1. The second-order valence-electron chi connectivity index (χ2n) is 3.87. The van der Waals surface area contributed by atoms with Crippen LogP contribution in [0.25, 0.3) is 5.65 Å². The van der Waals surface area contributed by atoms with Crippen LogP contribution >= 0.6 is 0 Å². The van der Waals surface area contributed by atoms with Crippen LogP contribution in [0.1, 0.15) is 35.8 Å². The Kier molecular flexibility index (Phi) is 2.19. The van der Waals surface area contributed by atoms with Crippen LogP contribution < -0.4 is 5.73 Å². The van der Waals surface area contributed by atoms with E-state index in [1.54, 1.807) is 18.3 Å². The van der Waals surface area contributed by atoms with Crippen molar-refractivity contribution >= 4 is 11.6 Å². The van der Waals surface area contributed by atoms with Crippen molar-refractivity contribution in [3.05, 3.63) is 35.8 Å². The van der Waals surface area contributed by atoms with E-state index in [1.807, 2.05) is 10.6 Å². The van der Waals surface area contributed by atoms with Crippen molar-refractivity contribution in [1.82, 2.24) is 9.38 Å². The topological polar surface area (TPSA) is 60.4 Å². The van der Waals surface area contributed by atoms with Crippen molar-refractivity contribution in [3.63, 3.8) is 0 Å². The zero-order valence-corrected chi connectivity index (χ0v) is 8.77. The third kappa shape index (κ3) is 1.70. The lowest BCUT2D eigenvalue weighted by Crippen LogP contribution is -2.10. The summed E-state index contributed by atoms with van der Waals surface area (Å²) in [5.74, 6) is -0.0477. The largest absolute Gasteiger partial charge is 0.366 e. The number of hydrogen-bond donors (Lipinski definition) is 1. The van der Waals surface area contributed by atoms with E-state index in [-0.39, 0.29) is 0 Å². The summed E-state index contributed by atoms with van der Waals surface area (Å²) < 4.78 is 1.89. The van der Waals surface area contributed by atoms with Gasteiger partial charge in [0, 0.05) is 18.0 Å². The zero-order valence-electron chi connectivity index (χ0n) is 8.77. The predicted molar refractivity (Wildman–Crippen MR) is 57.8 cm³/mol. The fourth-order valence-electron chi connectivity index (χ4n) is 1.43. The number of nitrogens with zero attached hydrogens (tertiary/aromatic N) is 2. The zero-order chi connectivity index (χ0) is 11.0. The van der Waals surface area contributed by atoms with Gasteiger partial charge in [0.1, 0.15) is 5.65 Å². The molecule has 4 nitrogen and oxygen atoms in total. The van der Waals surface area contributed by atoms with E-state index in [4.69, 9.17) is 5.73 Å². The highest BCUT2D eigenvalue weighted by atomic mass is 16.1. The maximum atomic E-state index is 11.0. The Bertz CT molecular complexity index is 514. The summed E-state index contributed by atoms with van der Waals surface area (Å²) in [5.41, 5.74) is 7.45. The van der Waals surface area contributed by atoms with Gasteiger partial charge in [0.05, 0.1) is 5.69 Å². The number of carbonyl (C=O) groups excluding carboxylic acids is 1. The molecule has 2 N–H and O–H groups in total. The molecule has 1 amide bonds. The molecular formula is C11H13N3O. The minimum absolute atomic E-state index is 0.377. The van der Waals surface area contributed by atoms with Gasteiger partial charge in [-0.3, -0.25) is 4.79 Å². The molecule has 15 heavy (non-hydrogen) atoms. The fourth-order valence-corrected chi connectivity index (χ4v) is 1.43. The SMILES string of the molecule is CC(C)c1cn2ccc(C(N)=O)cc2n1. The standard InChI is InChI=1S/C11H13N3O/c1-7(2)9-6-14-4-3-8(11(12)15)5-10(14)13-9/h3-7H,1-2H3,(H2,12,15). The molecule has 4 heteroatoms. The van der Waals surface area contributed by atoms with Gasteiger partial charge in [-0.1, -0.05) is 13.8 Å². The molecule has 2 aromatic rings. The van der Waals surface area contributed by atoms with E-state index in [0.717, 1.165) is 11.3 Å². The van der Waals surface area contributed by atoms with Gasteiger partial charge in [0.25, 0.3) is 0 Å². The lowest BCUT2D eigenvalue weighted by molar-refractivity contribution is 0.100. The summed E-state index contributed by atoms with van der Waals surface area (Å²) in [4.78, 5) is 15.4. The Morgan fingerprint density at radius 1 is 1.53 bits per heavy atom. The van der Waals surface area contributed by atoms with Crippen molar-refractivity contribution in [1.29, 1.82) is 0 Å². The third-order valence-electron chi connectivity index (χ3n) is 2.35. The molecule has 0 aliphatic carbocycles. The first-order valence-electron chi connectivity index (χ1n) is 4.86. The molecule has 0 bridgehead atoms. The van der Waals surface area contributed by atoms with Crippen LogP contribution in [0.3, 0.4) is 0 Å². The normalized spacial score (nSPS) is 11.1. The van der Waals surface area contributed by atoms with Gasteiger partial charge in [-0.15, -0.1) is 0 Å². The van der Waals surface area contributed by atoms with Gasteiger partial charge < -0.3 is 10.1 Å². The highest BCUT2D eigenvalue weighted by molar-refractivity contribution is 5.93. The molecule has 0 radical (unpaired) electrons. The number of rotatable bonds is 2. The number of imidazole rings is 1. The second-order valence-corrected chi connectivity index (χ2v) is 3.87. The van der Waals surface area contributed by atoms with Crippen LogP contribution in [-0.2, 0) is 0 Å².